The highest BCUT2D eigenvalue weighted by atomic mass is 32.1. The fourth-order valence-corrected chi connectivity index (χ4v) is 4.97. The number of rotatable bonds is 8. The van der Waals surface area contributed by atoms with E-state index in [9.17, 15) is 13.2 Å². The van der Waals surface area contributed by atoms with Crippen molar-refractivity contribution >= 4 is 16.5 Å². The number of alkyl halides is 3. The standard InChI is InChI=1S/C23H30F3N5OS/c1-30-9-11-31(12-10-30)8-3-13-32-21-6-5-18(14-19(21)23(24,25)26)28-22-29-20(16-33-22)17-4-2-7-27-15-17/h2,4,7,14-16,18,21H,3,5-6,8-13H2,1H3,(H,28,29). The van der Waals surface area contributed by atoms with Crippen molar-refractivity contribution in [3.05, 3.63) is 41.6 Å². The van der Waals surface area contributed by atoms with Crippen molar-refractivity contribution in [1.82, 2.24) is 19.8 Å². The van der Waals surface area contributed by atoms with Gasteiger partial charge in [0, 0.05) is 68.7 Å². The fourth-order valence-electron chi connectivity index (χ4n) is 4.19. The molecule has 180 valence electrons. The quantitative estimate of drug-likeness (QED) is 0.449. The molecule has 33 heavy (non-hydrogen) atoms. The van der Waals surface area contributed by atoms with E-state index in [1.165, 1.54) is 17.4 Å². The van der Waals surface area contributed by atoms with Crippen molar-refractivity contribution in [3.63, 3.8) is 0 Å². The molecule has 1 saturated heterocycles. The molecule has 0 radical (unpaired) electrons. The molecule has 3 heterocycles. The molecule has 6 nitrogen and oxygen atoms in total. The Bertz CT molecular complexity index is 912. The molecule has 0 spiro atoms. The molecule has 4 rings (SSSR count). The van der Waals surface area contributed by atoms with Gasteiger partial charge in [-0.25, -0.2) is 4.98 Å². The molecule has 0 saturated carbocycles. The Labute approximate surface area is 196 Å². The van der Waals surface area contributed by atoms with E-state index in [1.807, 2.05) is 17.5 Å². The number of likely N-dealkylation sites (N-methyl/N-ethyl adjacent to an activating group) is 1. The second-order valence-corrected chi connectivity index (χ2v) is 9.44. The number of nitrogens with zero attached hydrogens (tertiary/aromatic N) is 4. The van der Waals surface area contributed by atoms with Crippen LogP contribution in [0.3, 0.4) is 0 Å². The lowest BCUT2D eigenvalue weighted by Gasteiger charge is -2.33. The van der Waals surface area contributed by atoms with Gasteiger partial charge in [-0.1, -0.05) is 6.08 Å². The summed E-state index contributed by atoms with van der Waals surface area (Å²) in [5.41, 5.74) is 1.05. The minimum Gasteiger partial charge on any atom is -0.373 e. The Hall–Kier alpha value is -2.01. The first kappa shape index (κ1) is 24.1. The Morgan fingerprint density at radius 1 is 1.21 bits per heavy atom. The van der Waals surface area contributed by atoms with E-state index in [0.29, 0.717) is 24.6 Å². The van der Waals surface area contributed by atoms with Crippen LogP contribution in [0.2, 0.25) is 0 Å². The highest BCUT2D eigenvalue weighted by molar-refractivity contribution is 7.14. The maximum atomic E-state index is 13.8. The monoisotopic (exact) mass is 481 g/mol. The van der Waals surface area contributed by atoms with Crippen molar-refractivity contribution in [3.8, 4) is 11.3 Å². The van der Waals surface area contributed by atoms with Crippen LogP contribution in [0.25, 0.3) is 11.3 Å². The maximum absolute atomic E-state index is 13.8. The summed E-state index contributed by atoms with van der Waals surface area (Å²) in [7, 11) is 2.10. The number of piperazine rings is 1. The van der Waals surface area contributed by atoms with Crippen molar-refractivity contribution < 1.29 is 17.9 Å². The van der Waals surface area contributed by atoms with E-state index in [1.54, 1.807) is 12.4 Å². The number of ether oxygens (including phenoxy) is 1. The molecule has 2 aliphatic rings. The van der Waals surface area contributed by atoms with E-state index >= 15 is 0 Å². The summed E-state index contributed by atoms with van der Waals surface area (Å²) < 4.78 is 47.0. The van der Waals surface area contributed by atoms with E-state index in [-0.39, 0.29) is 0 Å². The summed E-state index contributed by atoms with van der Waals surface area (Å²) in [6.07, 6.45) is 0.994. The van der Waals surface area contributed by atoms with Crippen LogP contribution in [0, 0.1) is 0 Å². The van der Waals surface area contributed by atoms with E-state index in [4.69, 9.17) is 4.74 Å². The summed E-state index contributed by atoms with van der Waals surface area (Å²) in [6.45, 7) is 5.26. The molecule has 1 fully saturated rings. The van der Waals surface area contributed by atoms with Crippen LogP contribution in [-0.2, 0) is 4.74 Å². The predicted octanol–water partition coefficient (Wildman–Crippen LogP) is 4.29. The fraction of sp³-hybridized carbons (Fsp3) is 0.565. The number of hydrogen-bond acceptors (Lipinski definition) is 7. The highest BCUT2D eigenvalue weighted by Gasteiger charge is 2.41. The summed E-state index contributed by atoms with van der Waals surface area (Å²) >= 11 is 1.38. The zero-order valence-electron chi connectivity index (χ0n) is 18.7. The normalized spacial score (nSPS) is 22.8. The van der Waals surface area contributed by atoms with Gasteiger partial charge >= 0.3 is 6.18 Å². The summed E-state index contributed by atoms with van der Waals surface area (Å²) in [6, 6.07) is 3.30. The van der Waals surface area contributed by atoms with Gasteiger partial charge in [-0.2, -0.15) is 13.2 Å². The minimum atomic E-state index is -4.41. The number of anilines is 1. The Balaban J connectivity index is 1.31. The number of nitrogens with one attached hydrogen (secondary N) is 1. The molecule has 2 atom stereocenters. The second-order valence-electron chi connectivity index (χ2n) is 8.59. The number of thiazole rings is 1. The Morgan fingerprint density at radius 3 is 2.76 bits per heavy atom. The largest absolute Gasteiger partial charge is 0.414 e. The zero-order chi connectivity index (χ0) is 23.3. The first-order valence-electron chi connectivity index (χ1n) is 11.3. The van der Waals surface area contributed by atoms with Gasteiger partial charge in [0.2, 0.25) is 0 Å². The number of pyridine rings is 1. The van der Waals surface area contributed by atoms with Gasteiger partial charge in [0.1, 0.15) is 0 Å². The van der Waals surface area contributed by atoms with Crippen LogP contribution in [0.4, 0.5) is 18.3 Å². The summed E-state index contributed by atoms with van der Waals surface area (Å²) in [5, 5.41) is 5.63. The van der Waals surface area contributed by atoms with E-state index in [2.05, 4.69) is 32.1 Å². The van der Waals surface area contributed by atoms with Crippen LogP contribution in [0.1, 0.15) is 19.3 Å². The third-order valence-corrected chi connectivity index (χ3v) is 6.87. The molecule has 1 N–H and O–H groups in total. The van der Waals surface area contributed by atoms with Gasteiger partial charge in [0.15, 0.2) is 5.13 Å². The van der Waals surface area contributed by atoms with Crippen molar-refractivity contribution in [2.24, 2.45) is 0 Å². The van der Waals surface area contributed by atoms with Gasteiger partial charge in [0.05, 0.1) is 17.4 Å². The van der Waals surface area contributed by atoms with Crippen LogP contribution >= 0.6 is 11.3 Å². The lowest BCUT2D eigenvalue weighted by atomic mass is 9.92. The van der Waals surface area contributed by atoms with Crippen molar-refractivity contribution in [1.29, 1.82) is 0 Å². The van der Waals surface area contributed by atoms with Gasteiger partial charge < -0.3 is 19.9 Å². The molecule has 0 bridgehead atoms. The molecule has 2 aromatic heterocycles. The van der Waals surface area contributed by atoms with Crippen molar-refractivity contribution in [2.45, 2.75) is 37.6 Å². The molecule has 0 amide bonds. The van der Waals surface area contributed by atoms with Gasteiger partial charge in [0.25, 0.3) is 0 Å². The third-order valence-electron chi connectivity index (χ3n) is 6.10. The molecular formula is C23H30F3N5OS. The number of aromatic nitrogens is 2. The van der Waals surface area contributed by atoms with Gasteiger partial charge in [-0.05, 0) is 38.4 Å². The Morgan fingerprint density at radius 2 is 2.03 bits per heavy atom. The zero-order valence-corrected chi connectivity index (χ0v) is 19.5. The average molecular weight is 482 g/mol. The average Bonchev–Trinajstić information content (AvgIpc) is 3.27. The van der Waals surface area contributed by atoms with Gasteiger partial charge in [-0.3, -0.25) is 4.98 Å². The SMILES string of the molecule is CN1CCN(CCCOC2CCC(Nc3nc(-c4cccnc4)cs3)C=C2C(F)(F)F)CC1. The predicted molar refractivity (Wildman–Crippen MR) is 124 cm³/mol. The van der Waals surface area contributed by atoms with E-state index in [0.717, 1.165) is 50.4 Å². The van der Waals surface area contributed by atoms with Gasteiger partial charge in [-0.15, -0.1) is 11.3 Å². The van der Waals surface area contributed by atoms with Crippen LogP contribution < -0.4 is 5.32 Å². The third kappa shape index (κ3) is 6.75. The maximum Gasteiger partial charge on any atom is 0.414 e. The number of hydrogen-bond donors (Lipinski definition) is 1. The molecular weight excluding hydrogens is 451 g/mol. The summed E-state index contributed by atoms with van der Waals surface area (Å²) in [5.74, 6) is 0. The molecule has 10 heteroatoms. The Kier molecular flexibility index (Phi) is 8.00. The number of halogens is 3. The molecule has 2 unspecified atom stereocenters. The minimum absolute atomic E-state index is 0.332. The molecule has 2 aromatic rings. The first-order chi connectivity index (χ1) is 15.9. The molecule has 1 aliphatic heterocycles. The topological polar surface area (TPSA) is 53.5 Å². The van der Waals surface area contributed by atoms with Crippen molar-refractivity contribution in [2.75, 3.05) is 51.7 Å². The highest BCUT2D eigenvalue weighted by Crippen LogP contribution is 2.36. The van der Waals surface area contributed by atoms with E-state index < -0.39 is 23.9 Å². The second kappa shape index (κ2) is 10.9. The lowest BCUT2D eigenvalue weighted by Crippen LogP contribution is -2.44. The first-order valence-corrected chi connectivity index (χ1v) is 12.2. The smallest absolute Gasteiger partial charge is 0.373 e. The van der Waals surface area contributed by atoms with Crippen LogP contribution in [-0.4, -0.2) is 84.5 Å². The van der Waals surface area contributed by atoms with Crippen LogP contribution in [0.5, 0.6) is 0 Å². The summed E-state index contributed by atoms with van der Waals surface area (Å²) in [4.78, 5) is 13.2. The molecule has 1 aliphatic carbocycles. The van der Waals surface area contributed by atoms with Crippen LogP contribution in [0.15, 0.2) is 41.6 Å². The lowest BCUT2D eigenvalue weighted by molar-refractivity contribution is -0.114. The molecule has 0 aromatic carbocycles.